The zero-order valence-electron chi connectivity index (χ0n) is 9.99. The van der Waals surface area contributed by atoms with E-state index in [9.17, 15) is 0 Å². The van der Waals surface area contributed by atoms with Crippen LogP contribution in [0.25, 0.3) is 0 Å². The van der Waals surface area contributed by atoms with Gasteiger partial charge in [0.05, 0.1) is 11.6 Å². The van der Waals surface area contributed by atoms with Crippen molar-refractivity contribution in [3.63, 3.8) is 0 Å². The van der Waals surface area contributed by atoms with Crippen molar-refractivity contribution in [3.05, 3.63) is 59.2 Å². The molecule has 2 heteroatoms. The third-order valence-electron chi connectivity index (χ3n) is 2.85. The topological polar surface area (TPSA) is 35.8 Å². The Morgan fingerprint density at radius 1 is 1.06 bits per heavy atom. The first-order valence-corrected chi connectivity index (χ1v) is 5.54. The van der Waals surface area contributed by atoms with Gasteiger partial charge in [-0.25, -0.2) is 0 Å². The molecule has 0 amide bonds. The van der Waals surface area contributed by atoms with Crippen LogP contribution in [-0.4, -0.2) is 0 Å². The maximum absolute atomic E-state index is 8.97. The zero-order chi connectivity index (χ0) is 12.3. The number of nitriles is 1. The summed E-state index contributed by atoms with van der Waals surface area (Å²) >= 11 is 0. The summed E-state index contributed by atoms with van der Waals surface area (Å²) in [6.07, 6.45) is 0. The van der Waals surface area contributed by atoms with E-state index in [0.717, 1.165) is 16.9 Å². The van der Waals surface area contributed by atoms with E-state index in [1.807, 2.05) is 49.4 Å². The fraction of sp³-hybridized carbons (Fsp3) is 0.133. The molecule has 0 atom stereocenters. The number of rotatable bonds is 2. The van der Waals surface area contributed by atoms with Crippen molar-refractivity contribution in [3.8, 4) is 6.07 Å². The lowest BCUT2D eigenvalue weighted by molar-refractivity contribution is 1.31. The molecular formula is C15H14N2. The molecule has 17 heavy (non-hydrogen) atoms. The van der Waals surface area contributed by atoms with Crippen LogP contribution in [0.2, 0.25) is 0 Å². The predicted octanol–water partition coefficient (Wildman–Crippen LogP) is 3.92. The minimum atomic E-state index is 0.687. The normalized spacial score (nSPS) is 9.71. The van der Waals surface area contributed by atoms with Gasteiger partial charge in [0.25, 0.3) is 0 Å². The average Bonchev–Trinajstić information content (AvgIpc) is 2.36. The Morgan fingerprint density at radius 2 is 1.76 bits per heavy atom. The second kappa shape index (κ2) is 4.71. The molecule has 2 aromatic carbocycles. The minimum absolute atomic E-state index is 0.687. The van der Waals surface area contributed by atoms with Gasteiger partial charge in [0.15, 0.2) is 0 Å². The van der Waals surface area contributed by atoms with Gasteiger partial charge < -0.3 is 5.32 Å². The highest BCUT2D eigenvalue weighted by molar-refractivity contribution is 5.66. The van der Waals surface area contributed by atoms with Crippen molar-refractivity contribution in [2.45, 2.75) is 13.8 Å². The number of hydrogen-bond acceptors (Lipinski definition) is 2. The van der Waals surface area contributed by atoms with Crippen LogP contribution in [0.4, 0.5) is 11.4 Å². The summed E-state index contributed by atoms with van der Waals surface area (Å²) in [5.74, 6) is 0. The van der Waals surface area contributed by atoms with Gasteiger partial charge in [0.1, 0.15) is 0 Å². The molecule has 2 aromatic rings. The molecule has 0 saturated heterocycles. The SMILES string of the molecule is Cc1cc(C#N)cc(Nc2ccccc2)c1C. The number of benzene rings is 2. The average molecular weight is 222 g/mol. The van der Waals surface area contributed by atoms with E-state index in [0.29, 0.717) is 5.56 Å². The van der Waals surface area contributed by atoms with Crippen LogP contribution in [0.15, 0.2) is 42.5 Å². The largest absolute Gasteiger partial charge is 0.355 e. The fourth-order valence-corrected chi connectivity index (χ4v) is 1.73. The molecule has 0 aliphatic heterocycles. The highest BCUT2D eigenvalue weighted by Crippen LogP contribution is 2.24. The van der Waals surface area contributed by atoms with Crippen LogP contribution in [0, 0.1) is 25.2 Å². The van der Waals surface area contributed by atoms with E-state index in [1.165, 1.54) is 5.56 Å². The molecule has 84 valence electrons. The van der Waals surface area contributed by atoms with E-state index >= 15 is 0 Å². The molecule has 0 aromatic heterocycles. The summed E-state index contributed by atoms with van der Waals surface area (Å²) in [5.41, 5.74) is 5.01. The van der Waals surface area contributed by atoms with Gasteiger partial charge in [0.2, 0.25) is 0 Å². The molecule has 2 nitrogen and oxygen atoms in total. The quantitative estimate of drug-likeness (QED) is 0.836. The van der Waals surface area contributed by atoms with Crippen LogP contribution >= 0.6 is 0 Å². The molecule has 0 bridgehead atoms. The molecule has 0 saturated carbocycles. The Bertz CT molecular complexity index is 565. The molecular weight excluding hydrogens is 208 g/mol. The van der Waals surface area contributed by atoms with Crippen molar-refractivity contribution < 1.29 is 0 Å². The number of nitrogens with one attached hydrogen (secondary N) is 1. The van der Waals surface area contributed by atoms with E-state index in [1.54, 1.807) is 0 Å². The monoisotopic (exact) mass is 222 g/mol. The van der Waals surface area contributed by atoms with Crippen molar-refractivity contribution >= 4 is 11.4 Å². The first-order chi connectivity index (χ1) is 8.20. The van der Waals surface area contributed by atoms with Crippen LogP contribution in [0.1, 0.15) is 16.7 Å². The summed E-state index contributed by atoms with van der Waals surface area (Å²) in [6.45, 7) is 4.08. The maximum Gasteiger partial charge on any atom is 0.0992 e. The van der Waals surface area contributed by atoms with Crippen molar-refractivity contribution in [2.75, 3.05) is 5.32 Å². The highest BCUT2D eigenvalue weighted by atomic mass is 14.9. The number of aryl methyl sites for hydroxylation is 1. The molecule has 1 N–H and O–H groups in total. The molecule has 0 unspecified atom stereocenters. The van der Waals surface area contributed by atoms with E-state index in [4.69, 9.17) is 5.26 Å². The molecule has 0 spiro atoms. The van der Waals surface area contributed by atoms with Gasteiger partial charge >= 0.3 is 0 Å². The number of hydrogen-bond donors (Lipinski definition) is 1. The number of anilines is 2. The number of nitrogens with zero attached hydrogens (tertiary/aromatic N) is 1. The van der Waals surface area contributed by atoms with Crippen LogP contribution < -0.4 is 5.32 Å². The van der Waals surface area contributed by atoms with E-state index in [-0.39, 0.29) is 0 Å². The first kappa shape index (κ1) is 11.2. The van der Waals surface area contributed by atoms with Gasteiger partial charge in [-0.1, -0.05) is 18.2 Å². The Morgan fingerprint density at radius 3 is 2.41 bits per heavy atom. The van der Waals surface area contributed by atoms with Gasteiger partial charge in [0, 0.05) is 11.4 Å². The summed E-state index contributed by atoms with van der Waals surface area (Å²) < 4.78 is 0. The van der Waals surface area contributed by atoms with Crippen molar-refractivity contribution in [2.24, 2.45) is 0 Å². The molecule has 0 aliphatic carbocycles. The molecule has 0 radical (unpaired) electrons. The Balaban J connectivity index is 2.39. The van der Waals surface area contributed by atoms with Crippen LogP contribution in [-0.2, 0) is 0 Å². The lowest BCUT2D eigenvalue weighted by Crippen LogP contribution is -1.96. The van der Waals surface area contributed by atoms with E-state index in [2.05, 4.69) is 18.3 Å². The predicted molar refractivity (Wildman–Crippen MR) is 70.4 cm³/mol. The van der Waals surface area contributed by atoms with Gasteiger partial charge in [-0.15, -0.1) is 0 Å². The summed E-state index contributed by atoms with van der Waals surface area (Å²) in [4.78, 5) is 0. The van der Waals surface area contributed by atoms with Gasteiger partial charge in [-0.3, -0.25) is 0 Å². The fourth-order valence-electron chi connectivity index (χ4n) is 1.73. The van der Waals surface area contributed by atoms with E-state index < -0.39 is 0 Å². The second-order valence-electron chi connectivity index (χ2n) is 4.07. The van der Waals surface area contributed by atoms with Crippen LogP contribution in [0.3, 0.4) is 0 Å². The standard InChI is InChI=1S/C15H14N2/c1-11-8-13(10-16)9-15(12(11)2)17-14-6-4-3-5-7-14/h3-9,17H,1-2H3. The smallest absolute Gasteiger partial charge is 0.0992 e. The maximum atomic E-state index is 8.97. The molecule has 0 aliphatic rings. The minimum Gasteiger partial charge on any atom is -0.355 e. The third-order valence-corrected chi connectivity index (χ3v) is 2.85. The Hall–Kier alpha value is -2.27. The second-order valence-corrected chi connectivity index (χ2v) is 4.07. The lowest BCUT2D eigenvalue weighted by Gasteiger charge is -2.12. The van der Waals surface area contributed by atoms with Crippen LogP contribution in [0.5, 0.6) is 0 Å². The Kier molecular flexibility index (Phi) is 3.11. The number of para-hydroxylation sites is 1. The summed E-state index contributed by atoms with van der Waals surface area (Å²) in [5, 5.41) is 12.3. The third kappa shape index (κ3) is 2.46. The van der Waals surface area contributed by atoms with Crippen molar-refractivity contribution in [1.29, 1.82) is 5.26 Å². The molecule has 0 heterocycles. The summed E-state index contributed by atoms with van der Waals surface area (Å²) in [7, 11) is 0. The zero-order valence-corrected chi connectivity index (χ0v) is 9.99. The molecule has 0 fully saturated rings. The Labute approximate surface area is 102 Å². The van der Waals surface area contributed by atoms with Gasteiger partial charge in [-0.2, -0.15) is 5.26 Å². The van der Waals surface area contributed by atoms with Crippen molar-refractivity contribution in [1.82, 2.24) is 0 Å². The highest BCUT2D eigenvalue weighted by Gasteiger charge is 2.04. The summed E-state index contributed by atoms with van der Waals surface area (Å²) in [6, 6.07) is 15.9. The molecule has 2 rings (SSSR count). The van der Waals surface area contributed by atoms with Gasteiger partial charge in [-0.05, 0) is 49.2 Å². The first-order valence-electron chi connectivity index (χ1n) is 5.54. The lowest BCUT2D eigenvalue weighted by atomic mass is 10.0.